The molecule has 14 heavy (non-hydrogen) atoms. The van der Waals surface area contributed by atoms with Gasteiger partial charge in [-0.1, -0.05) is 0 Å². The van der Waals surface area contributed by atoms with Crippen molar-refractivity contribution in [1.29, 1.82) is 0 Å². The zero-order chi connectivity index (χ0) is 10.3. The van der Waals surface area contributed by atoms with E-state index in [0.29, 0.717) is 22.3 Å². The molecule has 0 fully saturated rings. The number of aromatic nitrogens is 2. The maximum Gasteiger partial charge on any atom is 0.254 e. The summed E-state index contributed by atoms with van der Waals surface area (Å²) in [5.74, 6) is 0.206. The van der Waals surface area contributed by atoms with Gasteiger partial charge in [0.25, 0.3) is 5.24 Å². The second-order valence-electron chi connectivity index (χ2n) is 2.82. The molecule has 0 amide bonds. The number of nitrogens with one attached hydrogen (secondary N) is 1. The highest BCUT2D eigenvalue weighted by molar-refractivity contribution is 6.68. The van der Waals surface area contributed by atoms with E-state index in [9.17, 15) is 4.79 Å². The Balaban J connectivity index is 2.87. The smallest absolute Gasteiger partial charge is 0.254 e. The number of H-pyrrole nitrogens is 1. The van der Waals surface area contributed by atoms with Crippen molar-refractivity contribution in [2.75, 3.05) is 11.5 Å². The molecular formula is C8H7ClN4O. The van der Waals surface area contributed by atoms with Crippen LogP contribution in [0.5, 0.6) is 0 Å². The van der Waals surface area contributed by atoms with Crippen molar-refractivity contribution in [3.8, 4) is 0 Å². The Bertz CT molecular complexity index is 519. The van der Waals surface area contributed by atoms with Crippen molar-refractivity contribution in [2.24, 2.45) is 0 Å². The molecule has 0 spiro atoms. The second kappa shape index (κ2) is 2.88. The minimum Gasteiger partial charge on any atom is -0.397 e. The first-order valence-electron chi connectivity index (χ1n) is 3.83. The largest absolute Gasteiger partial charge is 0.397 e. The number of benzene rings is 1. The fourth-order valence-corrected chi connectivity index (χ4v) is 1.44. The summed E-state index contributed by atoms with van der Waals surface area (Å²) in [5, 5.41) is -0.582. The number of nitrogens with zero attached hydrogens (tertiary/aromatic N) is 1. The quantitative estimate of drug-likeness (QED) is 0.485. The molecule has 2 aromatic rings. The van der Waals surface area contributed by atoms with E-state index in [2.05, 4.69) is 9.97 Å². The van der Waals surface area contributed by atoms with Crippen LogP contribution in [-0.2, 0) is 0 Å². The van der Waals surface area contributed by atoms with Gasteiger partial charge in [0.2, 0.25) is 0 Å². The number of nitrogens with two attached hydrogens (primary N) is 2. The van der Waals surface area contributed by atoms with E-state index in [-0.39, 0.29) is 5.95 Å². The van der Waals surface area contributed by atoms with Crippen LogP contribution < -0.4 is 11.5 Å². The molecule has 0 aliphatic heterocycles. The number of carbonyl (C=O) groups excluding carboxylic acids is 1. The Morgan fingerprint density at radius 2 is 2.14 bits per heavy atom. The van der Waals surface area contributed by atoms with Gasteiger partial charge in [0.1, 0.15) is 5.52 Å². The van der Waals surface area contributed by atoms with Gasteiger partial charge in [-0.3, -0.25) is 4.79 Å². The molecule has 0 radical (unpaired) electrons. The number of nitrogen functional groups attached to an aromatic ring is 2. The minimum absolute atomic E-state index is 0.206. The lowest BCUT2D eigenvalue weighted by Gasteiger charge is -1.97. The van der Waals surface area contributed by atoms with Crippen molar-refractivity contribution in [3.63, 3.8) is 0 Å². The predicted octanol–water partition coefficient (Wildman–Crippen LogP) is 1.11. The summed E-state index contributed by atoms with van der Waals surface area (Å²) in [4.78, 5) is 17.7. The maximum atomic E-state index is 11.0. The van der Waals surface area contributed by atoms with E-state index < -0.39 is 5.24 Å². The number of hydrogen-bond donors (Lipinski definition) is 3. The standard InChI is InChI=1S/C8H7ClN4O/c9-7(14)3-1-2-4(10)6-5(3)12-8(11)13-6/h1-2H,10H2,(H3,11,12,13). The highest BCUT2D eigenvalue weighted by atomic mass is 35.5. The average molecular weight is 211 g/mol. The molecule has 0 aliphatic carbocycles. The summed E-state index contributed by atoms with van der Waals surface area (Å²) in [6.07, 6.45) is 0. The molecular weight excluding hydrogens is 204 g/mol. The van der Waals surface area contributed by atoms with Crippen LogP contribution in [0.15, 0.2) is 12.1 Å². The molecule has 0 bridgehead atoms. The van der Waals surface area contributed by atoms with Gasteiger partial charge in [-0.15, -0.1) is 0 Å². The van der Waals surface area contributed by atoms with Crippen LogP contribution >= 0.6 is 11.6 Å². The molecule has 1 aromatic carbocycles. The topological polar surface area (TPSA) is 97.8 Å². The number of hydrogen-bond acceptors (Lipinski definition) is 4. The zero-order valence-electron chi connectivity index (χ0n) is 7.04. The number of rotatable bonds is 1. The van der Waals surface area contributed by atoms with Crippen LogP contribution in [0.25, 0.3) is 11.0 Å². The molecule has 1 aromatic heterocycles. The molecule has 5 nitrogen and oxygen atoms in total. The fraction of sp³-hybridized carbons (Fsp3) is 0. The lowest BCUT2D eigenvalue weighted by Crippen LogP contribution is -1.94. The van der Waals surface area contributed by atoms with Crippen LogP contribution in [0.1, 0.15) is 10.4 Å². The van der Waals surface area contributed by atoms with Gasteiger partial charge in [0, 0.05) is 0 Å². The minimum atomic E-state index is -0.582. The fourth-order valence-electron chi connectivity index (χ4n) is 1.29. The molecule has 0 saturated heterocycles. The first kappa shape index (κ1) is 8.83. The number of carbonyl (C=O) groups is 1. The van der Waals surface area contributed by atoms with E-state index >= 15 is 0 Å². The Labute approximate surface area is 84.1 Å². The number of fused-ring (bicyclic) bond motifs is 1. The summed E-state index contributed by atoms with van der Waals surface area (Å²) < 4.78 is 0. The van der Waals surface area contributed by atoms with E-state index in [4.69, 9.17) is 23.1 Å². The predicted molar refractivity (Wildman–Crippen MR) is 55.1 cm³/mol. The maximum absolute atomic E-state index is 11.0. The van der Waals surface area contributed by atoms with Crippen molar-refractivity contribution in [3.05, 3.63) is 17.7 Å². The Kier molecular flexibility index (Phi) is 1.82. The van der Waals surface area contributed by atoms with Gasteiger partial charge >= 0.3 is 0 Å². The number of halogens is 1. The molecule has 5 N–H and O–H groups in total. The van der Waals surface area contributed by atoms with Gasteiger partial charge in [0.15, 0.2) is 5.95 Å². The van der Waals surface area contributed by atoms with E-state index in [0.717, 1.165) is 0 Å². The van der Waals surface area contributed by atoms with Crippen LogP contribution in [-0.4, -0.2) is 15.2 Å². The summed E-state index contributed by atoms with van der Waals surface area (Å²) in [7, 11) is 0. The van der Waals surface area contributed by atoms with E-state index in [1.54, 1.807) is 6.07 Å². The summed E-state index contributed by atoms with van der Waals surface area (Å²) in [5.41, 5.74) is 12.8. The Morgan fingerprint density at radius 3 is 2.79 bits per heavy atom. The lowest BCUT2D eigenvalue weighted by molar-refractivity contribution is 0.108. The van der Waals surface area contributed by atoms with Gasteiger partial charge in [-0.25, -0.2) is 4.98 Å². The zero-order valence-corrected chi connectivity index (χ0v) is 7.80. The summed E-state index contributed by atoms with van der Waals surface area (Å²) >= 11 is 5.37. The number of anilines is 2. The average Bonchev–Trinajstić information content (AvgIpc) is 2.47. The third-order valence-electron chi connectivity index (χ3n) is 1.91. The van der Waals surface area contributed by atoms with Crippen LogP contribution in [0.4, 0.5) is 11.6 Å². The first-order chi connectivity index (χ1) is 6.59. The van der Waals surface area contributed by atoms with Crippen molar-refractivity contribution in [1.82, 2.24) is 9.97 Å². The van der Waals surface area contributed by atoms with Crippen LogP contribution in [0.2, 0.25) is 0 Å². The highest BCUT2D eigenvalue weighted by Crippen LogP contribution is 2.24. The molecule has 1 heterocycles. The Morgan fingerprint density at radius 1 is 1.43 bits per heavy atom. The van der Waals surface area contributed by atoms with Crippen molar-refractivity contribution >= 4 is 39.5 Å². The first-order valence-corrected chi connectivity index (χ1v) is 4.21. The summed E-state index contributed by atoms with van der Waals surface area (Å²) in [6, 6.07) is 3.10. The molecule has 0 atom stereocenters. The number of aromatic amines is 1. The molecule has 0 saturated carbocycles. The van der Waals surface area contributed by atoms with Crippen LogP contribution in [0.3, 0.4) is 0 Å². The lowest BCUT2D eigenvalue weighted by atomic mass is 10.2. The van der Waals surface area contributed by atoms with Gasteiger partial charge in [-0.2, -0.15) is 0 Å². The third kappa shape index (κ3) is 1.18. The summed E-state index contributed by atoms with van der Waals surface area (Å²) in [6.45, 7) is 0. The molecule has 0 unspecified atom stereocenters. The molecule has 6 heteroatoms. The SMILES string of the molecule is Nc1nc2c(C(=O)Cl)ccc(N)c2[nH]1. The van der Waals surface area contributed by atoms with Crippen molar-refractivity contribution in [2.45, 2.75) is 0 Å². The Hall–Kier alpha value is -1.75. The molecule has 0 aliphatic rings. The van der Waals surface area contributed by atoms with Gasteiger partial charge in [-0.05, 0) is 23.7 Å². The third-order valence-corrected chi connectivity index (χ3v) is 2.11. The molecule has 2 rings (SSSR count). The van der Waals surface area contributed by atoms with Gasteiger partial charge in [0.05, 0.1) is 16.8 Å². The van der Waals surface area contributed by atoms with Crippen LogP contribution in [0, 0.1) is 0 Å². The highest BCUT2D eigenvalue weighted by Gasteiger charge is 2.12. The van der Waals surface area contributed by atoms with Crippen molar-refractivity contribution < 1.29 is 4.79 Å². The molecule has 72 valence electrons. The monoisotopic (exact) mass is 210 g/mol. The normalized spacial score (nSPS) is 10.6. The van der Waals surface area contributed by atoms with Gasteiger partial charge < -0.3 is 16.5 Å². The second-order valence-corrected chi connectivity index (χ2v) is 3.16. The van der Waals surface area contributed by atoms with E-state index in [1.807, 2.05) is 0 Å². The van der Waals surface area contributed by atoms with E-state index in [1.165, 1.54) is 6.07 Å². The number of imidazole rings is 1.